The number of ether oxygens (including phenoxy) is 1. The predicted octanol–water partition coefficient (Wildman–Crippen LogP) is 3.18. The van der Waals surface area contributed by atoms with Gasteiger partial charge in [-0.1, -0.05) is 15.9 Å². The fourth-order valence-corrected chi connectivity index (χ4v) is 2.23. The Bertz CT molecular complexity index is 498. The molecule has 0 aliphatic rings. The molecule has 3 nitrogen and oxygen atoms in total. The Labute approximate surface area is 107 Å². The second-order valence-electron chi connectivity index (χ2n) is 3.44. The van der Waals surface area contributed by atoms with E-state index in [4.69, 9.17) is 16.3 Å². The van der Waals surface area contributed by atoms with Crippen molar-refractivity contribution in [3.63, 3.8) is 0 Å². The van der Waals surface area contributed by atoms with Gasteiger partial charge >= 0.3 is 0 Å². The number of benzene rings is 1. The van der Waals surface area contributed by atoms with E-state index in [2.05, 4.69) is 25.5 Å². The molecular formula is C11H12BrClN2O. The molecule has 0 aliphatic heterocycles. The van der Waals surface area contributed by atoms with Crippen molar-refractivity contribution in [2.75, 3.05) is 13.7 Å². The highest BCUT2D eigenvalue weighted by Crippen LogP contribution is 2.21. The van der Waals surface area contributed by atoms with Crippen LogP contribution in [-0.4, -0.2) is 23.3 Å². The standard InChI is InChI=1S/C11H12BrClN2O/c1-16-5-4-15-10-6-8(12)2-3-9(10)14-11(15)7-13/h2-3,6H,4-5,7H2,1H3. The first kappa shape index (κ1) is 11.9. The Balaban J connectivity index is 2.52. The van der Waals surface area contributed by atoms with E-state index in [0.717, 1.165) is 27.9 Å². The molecule has 0 spiro atoms. The number of hydrogen-bond donors (Lipinski definition) is 0. The summed E-state index contributed by atoms with van der Waals surface area (Å²) in [5.41, 5.74) is 2.05. The second-order valence-corrected chi connectivity index (χ2v) is 4.62. The van der Waals surface area contributed by atoms with Gasteiger partial charge in [0.2, 0.25) is 0 Å². The number of imidazole rings is 1. The van der Waals surface area contributed by atoms with Crippen molar-refractivity contribution in [3.05, 3.63) is 28.5 Å². The van der Waals surface area contributed by atoms with Crippen molar-refractivity contribution >= 4 is 38.6 Å². The van der Waals surface area contributed by atoms with Crippen LogP contribution in [0, 0.1) is 0 Å². The molecule has 86 valence electrons. The Morgan fingerprint density at radius 3 is 3.00 bits per heavy atom. The predicted molar refractivity (Wildman–Crippen MR) is 68.9 cm³/mol. The third-order valence-corrected chi connectivity index (χ3v) is 3.16. The molecule has 0 aliphatic carbocycles. The minimum absolute atomic E-state index is 0.413. The maximum atomic E-state index is 5.89. The molecule has 0 amide bonds. The first-order valence-electron chi connectivity index (χ1n) is 4.96. The zero-order chi connectivity index (χ0) is 11.5. The normalized spacial score (nSPS) is 11.2. The van der Waals surface area contributed by atoms with Crippen LogP contribution >= 0.6 is 27.5 Å². The van der Waals surface area contributed by atoms with Gasteiger partial charge in [0.15, 0.2) is 0 Å². The van der Waals surface area contributed by atoms with Crippen LogP contribution in [0.2, 0.25) is 0 Å². The Kier molecular flexibility index (Phi) is 3.84. The molecule has 16 heavy (non-hydrogen) atoms. The highest BCUT2D eigenvalue weighted by molar-refractivity contribution is 9.10. The molecule has 0 unspecified atom stereocenters. The maximum Gasteiger partial charge on any atom is 0.124 e. The zero-order valence-electron chi connectivity index (χ0n) is 8.91. The van der Waals surface area contributed by atoms with Crippen LogP contribution in [0.5, 0.6) is 0 Å². The average molecular weight is 304 g/mol. The number of methoxy groups -OCH3 is 1. The van der Waals surface area contributed by atoms with E-state index >= 15 is 0 Å². The van der Waals surface area contributed by atoms with Gasteiger partial charge in [0.1, 0.15) is 5.82 Å². The molecule has 5 heteroatoms. The largest absolute Gasteiger partial charge is 0.383 e. The fourth-order valence-electron chi connectivity index (χ4n) is 1.68. The van der Waals surface area contributed by atoms with Gasteiger partial charge in [0.05, 0.1) is 23.5 Å². The highest BCUT2D eigenvalue weighted by atomic mass is 79.9. The van der Waals surface area contributed by atoms with Crippen LogP contribution < -0.4 is 0 Å². The Morgan fingerprint density at radius 2 is 2.31 bits per heavy atom. The van der Waals surface area contributed by atoms with Crippen LogP contribution in [0.25, 0.3) is 11.0 Å². The lowest BCUT2D eigenvalue weighted by Crippen LogP contribution is -2.07. The Morgan fingerprint density at radius 1 is 1.50 bits per heavy atom. The smallest absolute Gasteiger partial charge is 0.124 e. The minimum Gasteiger partial charge on any atom is -0.383 e. The molecule has 0 radical (unpaired) electrons. The van der Waals surface area contributed by atoms with E-state index in [1.165, 1.54) is 0 Å². The monoisotopic (exact) mass is 302 g/mol. The quantitative estimate of drug-likeness (QED) is 0.811. The lowest BCUT2D eigenvalue weighted by atomic mass is 10.3. The van der Waals surface area contributed by atoms with Crippen LogP contribution in [0.15, 0.2) is 22.7 Å². The topological polar surface area (TPSA) is 27.1 Å². The third kappa shape index (κ3) is 2.24. The molecule has 2 aromatic rings. The van der Waals surface area contributed by atoms with Gasteiger partial charge in [-0.25, -0.2) is 4.98 Å². The van der Waals surface area contributed by atoms with E-state index in [1.54, 1.807) is 7.11 Å². The number of aromatic nitrogens is 2. The van der Waals surface area contributed by atoms with Gasteiger partial charge in [-0.3, -0.25) is 0 Å². The first-order valence-corrected chi connectivity index (χ1v) is 6.28. The van der Waals surface area contributed by atoms with Crippen molar-refractivity contribution in [1.82, 2.24) is 9.55 Å². The van der Waals surface area contributed by atoms with Gasteiger partial charge in [-0.05, 0) is 18.2 Å². The van der Waals surface area contributed by atoms with Gasteiger partial charge in [-0.2, -0.15) is 0 Å². The SMILES string of the molecule is COCCn1c(CCl)nc2ccc(Br)cc21. The lowest BCUT2D eigenvalue weighted by molar-refractivity contribution is 0.187. The molecule has 0 saturated heterocycles. The first-order chi connectivity index (χ1) is 7.76. The highest BCUT2D eigenvalue weighted by Gasteiger charge is 2.09. The van der Waals surface area contributed by atoms with Crippen molar-refractivity contribution < 1.29 is 4.74 Å². The number of alkyl halides is 1. The van der Waals surface area contributed by atoms with Gasteiger partial charge in [0, 0.05) is 18.1 Å². The number of nitrogens with zero attached hydrogens (tertiary/aromatic N) is 2. The molecule has 1 aromatic carbocycles. The molecule has 0 bridgehead atoms. The van der Waals surface area contributed by atoms with Crippen LogP contribution in [0.1, 0.15) is 5.82 Å². The number of rotatable bonds is 4. The second kappa shape index (κ2) is 5.17. The minimum atomic E-state index is 0.413. The summed E-state index contributed by atoms with van der Waals surface area (Å²) in [5.74, 6) is 1.29. The van der Waals surface area contributed by atoms with Crippen LogP contribution in [0.4, 0.5) is 0 Å². The molecule has 0 saturated carbocycles. The average Bonchev–Trinajstić information content (AvgIpc) is 2.63. The zero-order valence-corrected chi connectivity index (χ0v) is 11.3. The molecule has 1 heterocycles. The molecule has 0 fully saturated rings. The van der Waals surface area contributed by atoms with Crippen molar-refractivity contribution in [2.45, 2.75) is 12.4 Å². The fraction of sp³-hybridized carbons (Fsp3) is 0.364. The van der Waals surface area contributed by atoms with E-state index in [0.29, 0.717) is 12.5 Å². The number of halogens is 2. The summed E-state index contributed by atoms with van der Waals surface area (Å²) in [6.45, 7) is 1.42. The molecule has 1 aromatic heterocycles. The van der Waals surface area contributed by atoms with E-state index < -0.39 is 0 Å². The molecular weight excluding hydrogens is 291 g/mol. The summed E-state index contributed by atoms with van der Waals surface area (Å²) in [4.78, 5) is 4.48. The molecule has 2 rings (SSSR count). The summed E-state index contributed by atoms with van der Waals surface area (Å²) >= 11 is 9.35. The van der Waals surface area contributed by atoms with E-state index in [-0.39, 0.29) is 0 Å². The number of fused-ring (bicyclic) bond motifs is 1. The number of hydrogen-bond acceptors (Lipinski definition) is 2. The molecule has 0 N–H and O–H groups in total. The van der Waals surface area contributed by atoms with Gasteiger partial charge < -0.3 is 9.30 Å². The van der Waals surface area contributed by atoms with Crippen molar-refractivity contribution in [3.8, 4) is 0 Å². The van der Waals surface area contributed by atoms with Crippen LogP contribution in [-0.2, 0) is 17.2 Å². The summed E-state index contributed by atoms with van der Waals surface area (Å²) in [6.07, 6.45) is 0. The Hall–Kier alpha value is -0.580. The van der Waals surface area contributed by atoms with Crippen molar-refractivity contribution in [1.29, 1.82) is 0 Å². The van der Waals surface area contributed by atoms with E-state index in [1.807, 2.05) is 18.2 Å². The summed E-state index contributed by atoms with van der Waals surface area (Å²) in [5, 5.41) is 0. The van der Waals surface area contributed by atoms with Gasteiger partial charge in [0.25, 0.3) is 0 Å². The van der Waals surface area contributed by atoms with Crippen LogP contribution in [0.3, 0.4) is 0 Å². The van der Waals surface area contributed by atoms with Gasteiger partial charge in [-0.15, -0.1) is 11.6 Å². The van der Waals surface area contributed by atoms with Crippen molar-refractivity contribution in [2.24, 2.45) is 0 Å². The summed E-state index contributed by atoms with van der Waals surface area (Å²) in [6, 6.07) is 6.01. The van der Waals surface area contributed by atoms with E-state index in [9.17, 15) is 0 Å². The molecule has 0 atom stereocenters. The summed E-state index contributed by atoms with van der Waals surface area (Å²) < 4.78 is 8.23. The lowest BCUT2D eigenvalue weighted by Gasteiger charge is -2.06. The summed E-state index contributed by atoms with van der Waals surface area (Å²) in [7, 11) is 1.69. The third-order valence-electron chi connectivity index (χ3n) is 2.43. The maximum absolute atomic E-state index is 5.89.